The zero-order valence-corrected chi connectivity index (χ0v) is 13.1. The standard InChI is InChI=1S/C16H24N2O.ClH/c1-16(2,13-8-4-3-5-9-13)15(19)18-14-10-6-7-12(14)11-17;/h3-5,8-9,12,14H,6-7,10-11,17H2,1-2H3,(H,18,19);1H. The van der Waals surface area contributed by atoms with E-state index in [1.54, 1.807) is 0 Å². The summed E-state index contributed by atoms with van der Waals surface area (Å²) in [7, 11) is 0. The van der Waals surface area contributed by atoms with E-state index in [2.05, 4.69) is 5.32 Å². The van der Waals surface area contributed by atoms with E-state index < -0.39 is 5.41 Å². The van der Waals surface area contributed by atoms with Gasteiger partial charge in [-0.05, 0) is 44.7 Å². The number of benzene rings is 1. The minimum absolute atomic E-state index is 0. The highest BCUT2D eigenvalue weighted by atomic mass is 35.5. The Labute approximate surface area is 127 Å². The molecule has 1 saturated carbocycles. The highest BCUT2D eigenvalue weighted by Gasteiger charge is 2.34. The molecule has 20 heavy (non-hydrogen) atoms. The van der Waals surface area contributed by atoms with Gasteiger partial charge in [-0.3, -0.25) is 4.79 Å². The third-order valence-corrected chi connectivity index (χ3v) is 4.34. The van der Waals surface area contributed by atoms with E-state index in [4.69, 9.17) is 5.73 Å². The molecule has 1 fully saturated rings. The molecule has 1 aromatic rings. The molecule has 0 saturated heterocycles. The van der Waals surface area contributed by atoms with E-state index in [0.29, 0.717) is 12.5 Å². The molecule has 1 aliphatic carbocycles. The van der Waals surface area contributed by atoms with Crippen molar-refractivity contribution in [3.8, 4) is 0 Å². The summed E-state index contributed by atoms with van der Waals surface area (Å²) in [6, 6.07) is 10.2. The smallest absolute Gasteiger partial charge is 0.230 e. The van der Waals surface area contributed by atoms with Gasteiger partial charge in [-0.15, -0.1) is 12.4 Å². The molecule has 1 amide bonds. The lowest BCUT2D eigenvalue weighted by molar-refractivity contribution is -0.126. The van der Waals surface area contributed by atoms with Crippen molar-refractivity contribution in [1.82, 2.24) is 5.32 Å². The molecule has 112 valence electrons. The van der Waals surface area contributed by atoms with Gasteiger partial charge in [0, 0.05) is 6.04 Å². The van der Waals surface area contributed by atoms with Crippen LogP contribution in [0.2, 0.25) is 0 Å². The van der Waals surface area contributed by atoms with Crippen LogP contribution in [0.4, 0.5) is 0 Å². The summed E-state index contributed by atoms with van der Waals surface area (Å²) in [5, 5.41) is 3.20. The van der Waals surface area contributed by atoms with Crippen LogP contribution in [0.25, 0.3) is 0 Å². The number of carbonyl (C=O) groups excluding carboxylic acids is 1. The summed E-state index contributed by atoms with van der Waals surface area (Å²) >= 11 is 0. The zero-order chi connectivity index (χ0) is 13.9. The lowest BCUT2D eigenvalue weighted by Gasteiger charge is -2.28. The Balaban J connectivity index is 0.00000200. The number of nitrogens with two attached hydrogens (primary N) is 1. The Morgan fingerprint density at radius 1 is 1.30 bits per heavy atom. The van der Waals surface area contributed by atoms with Crippen LogP contribution < -0.4 is 11.1 Å². The molecule has 2 unspecified atom stereocenters. The molecule has 0 aromatic heterocycles. The molecule has 2 atom stereocenters. The van der Waals surface area contributed by atoms with Gasteiger partial charge in [-0.2, -0.15) is 0 Å². The molecular weight excluding hydrogens is 272 g/mol. The number of hydrogen-bond acceptors (Lipinski definition) is 2. The number of nitrogens with one attached hydrogen (secondary N) is 1. The average molecular weight is 297 g/mol. The second-order valence-corrected chi connectivity index (χ2v) is 6.00. The van der Waals surface area contributed by atoms with E-state index >= 15 is 0 Å². The average Bonchev–Trinajstić information content (AvgIpc) is 2.87. The second-order valence-electron chi connectivity index (χ2n) is 6.00. The van der Waals surface area contributed by atoms with Crippen molar-refractivity contribution < 1.29 is 4.79 Å². The van der Waals surface area contributed by atoms with Crippen LogP contribution in [-0.2, 0) is 10.2 Å². The number of carbonyl (C=O) groups is 1. The first-order chi connectivity index (χ1) is 9.05. The number of halogens is 1. The van der Waals surface area contributed by atoms with Crippen molar-refractivity contribution in [2.45, 2.75) is 44.6 Å². The summed E-state index contributed by atoms with van der Waals surface area (Å²) < 4.78 is 0. The lowest BCUT2D eigenvalue weighted by atomic mass is 9.83. The topological polar surface area (TPSA) is 55.1 Å². The van der Waals surface area contributed by atoms with Gasteiger partial charge in [-0.25, -0.2) is 0 Å². The molecule has 3 N–H and O–H groups in total. The van der Waals surface area contributed by atoms with Crippen molar-refractivity contribution in [3.05, 3.63) is 35.9 Å². The molecule has 0 heterocycles. The molecule has 4 heteroatoms. The molecule has 0 bridgehead atoms. The van der Waals surface area contributed by atoms with E-state index in [1.165, 1.54) is 6.42 Å². The molecule has 1 aromatic carbocycles. The monoisotopic (exact) mass is 296 g/mol. The van der Waals surface area contributed by atoms with Crippen LogP contribution in [0, 0.1) is 5.92 Å². The van der Waals surface area contributed by atoms with Crippen molar-refractivity contribution >= 4 is 18.3 Å². The molecule has 3 nitrogen and oxygen atoms in total. The minimum atomic E-state index is -0.497. The zero-order valence-electron chi connectivity index (χ0n) is 12.3. The highest BCUT2D eigenvalue weighted by molar-refractivity contribution is 5.87. The Morgan fingerprint density at radius 2 is 1.95 bits per heavy atom. The Bertz CT molecular complexity index is 433. The van der Waals surface area contributed by atoms with E-state index in [0.717, 1.165) is 18.4 Å². The fraction of sp³-hybridized carbons (Fsp3) is 0.562. The van der Waals surface area contributed by atoms with Crippen molar-refractivity contribution in [3.63, 3.8) is 0 Å². The third-order valence-electron chi connectivity index (χ3n) is 4.34. The Hall–Kier alpha value is -1.06. The molecule has 0 aliphatic heterocycles. The van der Waals surface area contributed by atoms with Crippen LogP contribution in [0.15, 0.2) is 30.3 Å². The Kier molecular flexibility index (Phi) is 6.03. The van der Waals surface area contributed by atoms with Gasteiger partial charge in [0.1, 0.15) is 0 Å². The van der Waals surface area contributed by atoms with E-state index in [1.807, 2.05) is 44.2 Å². The molecule has 0 radical (unpaired) electrons. The quantitative estimate of drug-likeness (QED) is 0.897. The van der Waals surface area contributed by atoms with Crippen LogP contribution >= 0.6 is 12.4 Å². The summed E-state index contributed by atoms with van der Waals surface area (Å²) in [4.78, 5) is 12.5. The first kappa shape index (κ1) is 17.0. The highest BCUT2D eigenvalue weighted by Crippen LogP contribution is 2.28. The van der Waals surface area contributed by atoms with Crippen LogP contribution in [0.3, 0.4) is 0 Å². The van der Waals surface area contributed by atoms with Gasteiger partial charge in [0.25, 0.3) is 0 Å². The summed E-state index contributed by atoms with van der Waals surface area (Å²) in [5.41, 5.74) is 6.32. The van der Waals surface area contributed by atoms with Crippen molar-refractivity contribution in [2.24, 2.45) is 11.7 Å². The van der Waals surface area contributed by atoms with Crippen LogP contribution in [-0.4, -0.2) is 18.5 Å². The van der Waals surface area contributed by atoms with Gasteiger partial charge in [0.15, 0.2) is 0 Å². The molecule has 2 rings (SSSR count). The summed E-state index contributed by atoms with van der Waals surface area (Å²) in [6.45, 7) is 4.62. The van der Waals surface area contributed by atoms with Gasteiger partial charge in [0.2, 0.25) is 5.91 Å². The molecule has 1 aliphatic rings. The predicted molar refractivity (Wildman–Crippen MR) is 85.0 cm³/mol. The molecule has 0 spiro atoms. The number of amides is 1. The SMILES string of the molecule is CC(C)(C(=O)NC1CCCC1CN)c1ccccc1.Cl. The first-order valence-electron chi connectivity index (χ1n) is 7.12. The predicted octanol–water partition coefficient (Wildman–Crippen LogP) is 2.63. The van der Waals surface area contributed by atoms with Crippen molar-refractivity contribution in [2.75, 3.05) is 6.54 Å². The number of rotatable bonds is 4. The fourth-order valence-corrected chi connectivity index (χ4v) is 2.84. The summed E-state index contributed by atoms with van der Waals surface area (Å²) in [6.07, 6.45) is 3.35. The largest absolute Gasteiger partial charge is 0.352 e. The summed E-state index contributed by atoms with van der Waals surface area (Å²) in [5.74, 6) is 0.541. The first-order valence-corrected chi connectivity index (χ1v) is 7.12. The van der Waals surface area contributed by atoms with Gasteiger partial charge in [0.05, 0.1) is 5.41 Å². The van der Waals surface area contributed by atoms with E-state index in [-0.39, 0.29) is 24.4 Å². The second kappa shape index (κ2) is 7.09. The lowest BCUT2D eigenvalue weighted by Crippen LogP contribution is -2.47. The molecular formula is C16H25ClN2O. The maximum Gasteiger partial charge on any atom is 0.230 e. The van der Waals surface area contributed by atoms with Crippen LogP contribution in [0.1, 0.15) is 38.7 Å². The minimum Gasteiger partial charge on any atom is -0.352 e. The van der Waals surface area contributed by atoms with Gasteiger partial charge >= 0.3 is 0 Å². The van der Waals surface area contributed by atoms with Gasteiger partial charge < -0.3 is 11.1 Å². The van der Waals surface area contributed by atoms with Gasteiger partial charge in [-0.1, -0.05) is 36.8 Å². The van der Waals surface area contributed by atoms with E-state index in [9.17, 15) is 4.79 Å². The maximum atomic E-state index is 12.5. The van der Waals surface area contributed by atoms with Crippen LogP contribution in [0.5, 0.6) is 0 Å². The fourth-order valence-electron chi connectivity index (χ4n) is 2.84. The van der Waals surface area contributed by atoms with Crippen molar-refractivity contribution in [1.29, 1.82) is 0 Å². The number of hydrogen-bond donors (Lipinski definition) is 2. The third kappa shape index (κ3) is 3.53. The maximum absolute atomic E-state index is 12.5. The normalized spacial score (nSPS) is 22.1. The Morgan fingerprint density at radius 3 is 2.55 bits per heavy atom.